The van der Waals surface area contributed by atoms with Gasteiger partial charge in [-0.2, -0.15) is 34.0 Å². The quantitative estimate of drug-likeness (QED) is 0.802. The van der Waals surface area contributed by atoms with E-state index in [9.17, 15) is 10.5 Å². The molecule has 0 N–H and O–H groups in total. The fourth-order valence-corrected chi connectivity index (χ4v) is 4.37. The van der Waals surface area contributed by atoms with Crippen molar-refractivity contribution in [1.29, 1.82) is 10.5 Å². The van der Waals surface area contributed by atoms with Crippen molar-refractivity contribution in [3.63, 3.8) is 0 Å². The van der Waals surface area contributed by atoms with Gasteiger partial charge in [0, 0.05) is 49.2 Å². The highest BCUT2D eigenvalue weighted by atomic mass is 32.2. The molecule has 3 rings (SSSR count). The van der Waals surface area contributed by atoms with Crippen LogP contribution in [0.3, 0.4) is 0 Å². The Morgan fingerprint density at radius 3 is 1.41 bits per heavy atom. The third-order valence-corrected chi connectivity index (χ3v) is 5.58. The zero-order valence-corrected chi connectivity index (χ0v) is 13.8. The Bertz CT molecular complexity index is 568. The molecule has 114 valence electrons. The van der Waals surface area contributed by atoms with E-state index >= 15 is 0 Å². The van der Waals surface area contributed by atoms with Gasteiger partial charge in [-0.05, 0) is 0 Å². The predicted molar refractivity (Wildman–Crippen MR) is 90.5 cm³/mol. The summed E-state index contributed by atoms with van der Waals surface area (Å²) in [5, 5.41) is 18.9. The van der Waals surface area contributed by atoms with E-state index in [1.165, 1.54) is 0 Å². The highest BCUT2D eigenvalue weighted by molar-refractivity contribution is 7.99. The molecule has 0 amide bonds. The minimum Gasteiger partial charge on any atom is -0.353 e. The lowest BCUT2D eigenvalue weighted by atomic mass is 10.3. The van der Waals surface area contributed by atoms with Crippen molar-refractivity contribution in [1.82, 2.24) is 9.97 Å². The van der Waals surface area contributed by atoms with Crippen LogP contribution in [0.5, 0.6) is 0 Å². The molecule has 0 spiro atoms. The number of anilines is 2. The smallest absolute Gasteiger partial charge is 0.185 e. The van der Waals surface area contributed by atoms with Crippen molar-refractivity contribution in [2.24, 2.45) is 0 Å². The third kappa shape index (κ3) is 3.08. The second-order valence-corrected chi connectivity index (χ2v) is 7.44. The van der Waals surface area contributed by atoms with Crippen LogP contribution >= 0.6 is 23.5 Å². The van der Waals surface area contributed by atoms with Crippen LogP contribution in [0.4, 0.5) is 11.6 Å². The average molecular weight is 332 g/mol. The van der Waals surface area contributed by atoms with Gasteiger partial charge in [-0.3, -0.25) is 0 Å². The molecule has 22 heavy (non-hydrogen) atoms. The first kappa shape index (κ1) is 15.3. The van der Waals surface area contributed by atoms with Gasteiger partial charge in [0.25, 0.3) is 0 Å². The molecular weight excluding hydrogens is 316 g/mol. The summed E-state index contributed by atoms with van der Waals surface area (Å²) in [6, 6.07) is 4.32. The first-order chi connectivity index (χ1) is 10.8. The molecule has 8 heteroatoms. The van der Waals surface area contributed by atoms with Crippen molar-refractivity contribution < 1.29 is 0 Å². The molecule has 0 radical (unpaired) electrons. The second kappa shape index (κ2) is 7.08. The van der Waals surface area contributed by atoms with Crippen LogP contribution in [0.25, 0.3) is 0 Å². The molecule has 2 aliphatic heterocycles. The van der Waals surface area contributed by atoms with Gasteiger partial charge in [0.2, 0.25) is 0 Å². The lowest BCUT2D eigenvalue weighted by Gasteiger charge is -2.30. The minimum absolute atomic E-state index is 0.333. The molecule has 2 saturated heterocycles. The Labute approximate surface area is 138 Å². The summed E-state index contributed by atoms with van der Waals surface area (Å²) in [5.41, 5.74) is 0.665. The van der Waals surface area contributed by atoms with Gasteiger partial charge in [0.1, 0.15) is 12.1 Å². The number of thioether (sulfide) groups is 2. The monoisotopic (exact) mass is 332 g/mol. The first-order valence-corrected chi connectivity index (χ1v) is 9.52. The molecule has 3 heterocycles. The molecule has 0 unspecified atom stereocenters. The average Bonchev–Trinajstić information content (AvgIpc) is 2.62. The Balaban J connectivity index is 1.98. The first-order valence-electron chi connectivity index (χ1n) is 7.21. The van der Waals surface area contributed by atoms with Crippen molar-refractivity contribution in [3.05, 3.63) is 11.4 Å². The lowest BCUT2D eigenvalue weighted by Crippen LogP contribution is -2.36. The summed E-state index contributed by atoms with van der Waals surface area (Å²) >= 11 is 3.79. The Morgan fingerprint density at radius 1 is 0.727 bits per heavy atom. The number of hydrogen-bond donors (Lipinski definition) is 0. The predicted octanol–water partition coefficient (Wildman–Crippen LogP) is 1.33. The van der Waals surface area contributed by atoms with Gasteiger partial charge in [0.15, 0.2) is 23.0 Å². The molecule has 1 aromatic heterocycles. The van der Waals surface area contributed by atoms with E-state index in [1.54, 1.807) is 0 Å². The van der Waals surface area contributed by atoms with Gasteiger partial charge >= 0.3 is 0 Å². The van der Waals surface area contributed by atoms with Gasteiger partial charge < -0.3 is 9.80 Å². The summed E-state index contributed by atoms with van der Waals surface area (Å²) in [6.45, 7) is 3.38. The molecule has 2 aliphatic rings. The van der Waals surface area contributed by atoms with E-state index < -0.39 is 0 Å². The molecule has 2 fully saturated rings. The van der Waals surface area contributed by atoms with Crippen molar-refractivity contribution in [2.75, 3.05) is 59.0 Å². The van der Waals surface area contributed by atoms with Crippen molar-refractivity contribution in [2.45, 2.75) is 0 Å². The number of aromatic nitrogens is 2. The summed E-state index contributed by atoms with van der Waals surface area (Å²) in [7, 11) is 0. The van der Waals surface area contributed by atoms with Gasteiger partial charge in [-0.25, -0.2) is 9.97 Å². The maximum atomic E-state index is 9.45. The van der Waals surface area contributed by atoms with Crippen LogP contribution in [0.1, 0.15) is 11.4 Å². The van der Waals surface area contributed by atoms with E-state index in [-0.39, 0.29) is 0 Å². The highest BCUT2D eigenvalue weighted by Crippen LogP contribution is 2.26. The second-order valence-electron chi connectivity index (χ2n) is 4.99. The number of hydrogen-bond acceptors (Lipinski definition) is 8. The molecule has 1 aromatic rings. The van der Waals surface area contributed by atoms with Crippen LogP contribution in [-0.4, -0.2) is 59.2 Å². The summed E-state index contributed by atoms with van der Waals surface area (Å²) in [5.74, 6) is 5.18. The number of rotatable bonds is 2. The SMILES string of the molecule is N#Cc1nc(N2CCSCC2)c(C#N)nc1N1CCSCC1. The van der Waals surface area contributed by atoms with E-state index in [0.29, 0.717) is 23.0 Å². The largest absolute Gasteiger partial charge is 0.353 e. The Kier molecular flexibility index (Phi) is 4.91. The number of nitrogens with zero attached hydrogens (tertiary/aromatic N) is 6. The fourth-order valence-electron chi connectivity index (χ4n) is 2.56. The molecular formula is C14H16N6S2. The van der Waals surface area contributed by atoms with E-state index in [0.717, 1.165) is 49.2 Å². The minimum atomic E-state index is 0.333. The van der Waals surface area contributed by atoms with Gasteiger partial charge in [-0.1, -0.05) is 0 Å². The van der Waals surface area contributed by atoms with Crippen molar-refractivity contribution >= 4 is 35.2 Å². The van der Waals surface area contributed by atoms with E-state index in [1.807, 2.05) is 23.5 Å². The Hall–Kier alpha value is -1.64. The zero-order valence-electron chi connectivity index (χ0n) is 12.2. The molecule has 0 aromatic carbocycles. The van der Waals surface area contributed by atoms with Crippen LogP contribution < -0.4 is 9.80 Å². The van der Waals surface area contributed by atoms with Crippen LogP contribution in [0.15, 0.2) is 0 Å². The highest BCUT2D eigenvalue weighted by Gasteiger charge is 2.24. The molecule has 6 nitrogen and oxygen atoms in total. The third-order valence-electron chi connectivity index (χ3n) is 3.69. The number of nitriles is 2. The topological polar surface area (TPSA) is 79.8 Å². The summed E-state index contributed by atoms with van der Waals surface area (Å²) in [4.78, 5) is 13.1. The summed E-state index contributed by atoms with van der Waals surface area (Å²) < 4.78 is 0. The van der Waals surface area contributed by atoms with E-state index in [2.05, 4.69) is 31.9 Å². The maximum absolute atomic E-state index is 9.45. The van der Waals surface area contributed by atoms with Crippen LogP contribution in [0.2, 0.25) is 0 Å². The van der Waals surface area contributed by atoms with Crippen molar-refractivity contribution in [3.8, 4) is 12.1 Å². The molecule has 0 saturated carbocycles. The lowest BCUT2D eigenvalue weighted by molar-refractivity contribution is 0.804. The van der Waals surface area contributed by atoms with Crippen LogP contribution in [-0.2, 0) is 0 Å². The molecule has 0 atom stereocenters. The molecule has 0 bridgehead atoms. The summed E-state index contributed by atoms with van der Waals surface area (Å²) in [6.07, 6.45) is 0. The zero-order chi connectivity index (χ0) is 15.4. The van der Waals surface area contributed by atoms with E-state index in [4.69, 9.17) is 0 Å². The Morgan fingerprint density at radius 2 is 1.09 bits per heavy atom. The fraction of sp³-hybridized carbons (Fsp3) is 0.571. The maximum Gasteiger partial charge on any atom is 0.185 e. The van der Waals surface area contributed by atoms with Crippen LogP contribution in [0, 0.1) is 22.7 Å². The molecule has 0 aliphatic carbocycles. The van der Waals surface area contributed by atoms with Gasteiger partial charge in [-0.15, -0.1) is 0 Å². The van der Waals surface area contributed by atoms with Gasteiger partial charge in [0.05, 0.1) is 0 Å². The normalized spacial score (nSPS) is 18.6. The standard InChI is InChI=1S/C14H16N6S2/c15-9-11-13(19-1-5-21-6-2-19)17-12(10-16)14(18-11)20-3-7-22-8-4-20/h1-8H2.